The molecular formula is C22H30O2S. The number of fused-ring (bicyclic) bond motifs is 1. The minimum Gasteiger partial charge on any atom is -0.240 e. The predicted molar refractivity (Wildman–Crippen MR) is 105 cm³/mol. The molecule has 0 spiro atoms. The molecule has 0 amide bonds. The molecule has 2 aliphatic carbocycles. The molecule has 1 aromatic rings. The molecule has 3 atom stereocenters. The van der Waals surface area contributed by atoms with Gasteiger partial charge in [-0.2, -0.15) is 0 Å². The molecule has 136 valence electrons. The van der Waals surface area contributed by atoms with Gasteiger partial charge in [0.25, 0.3) is 0 Å². The monoisotopic (exact) mass is 358 g/mol. The van der Waals surface area contributed by atoms with Crippen LogP contribution in [0.1, 0.15) is 46.0 Å². The van der Waals surface area contributed by atoms with Crippen molar-refractivity contribution in [2.45, 2.75) is 50.8 Å². The molecule has 1 fully saturated rings. The SMILES string of the molecule is COOCC1(C)CCCC2(C)C(/C=C/Sc3ccccc3)=CCCC12. The summed E-state index contributed by atoms with van der Waals surface area (Å²) in [4.78, 5) is 11.6. The molecule has 25 heavy (non-hydrogen) atoms. The Kier molecular flexibility index (Phi) is 6.08. The van der Waals surface area contributed by atoms with Crippen LogP contribution in [0, 0.1) is 16.7 Å². The summed E-state index contributed by atoms with van der Waals surface area (Å²) in [6, 6.07) is 10.6. The van der Waals surface area contributed by atoms with Crippen molar-refractivity contribution in [2.75, 3.05) is 13.7 Å². The second kappa shape index (κ2) is 8.11. The molecule has 0 saturated heterocycles. The van der Waals surface area contributed by atoms with Crippen LogP contribution in [0.4, 0.5) is 0 Å². The largest absolute Gasteiger partial charge is 0.240 e. The van der Waals surface area contributed by atoms with Crippen LogP contribution >= 0.6 is 11.8 Å². The molecule has 2 aliphatic rings. The molecule has 0 N–H and O–H groups in total. The van der Waals surface area contributed by atoms with Crippen LogP contribution in [-0.2, 0) is 9.78 Å². The third-order valence-electron chi connectivity index (χ3n) is 6.23. The average Bonchev–Trinajstić information content (AvgIpc) is 2.62. The summed E-state index contributed by atoms with van der Waals surface area (Å²) in [6.07, 6.45) is 11.0. The number of benzene rings is 1. The molecule has 0 aliphatic heterocycles. The normalized spacial score (nSPS) is 32.4. The van der Waals surface area contributed by atoms with E-state index in [1.54, 1.807) is 18.9 Å². The van der Waals surface area contributed by atoms with Gasteiger partial charge in [-0.3, -0.25) is 0 Å². The second-order valence-electron chi connectivity index (χ2n) is 7.88. The van der Waals surface area contributed by atoms with Gasteiger partial charge in [-0.1, -0.05) is 62.4 Å². The van der Waals surface area contributed by atoms with E-state index in [1.165, 1.54) is 42.6 Å². The van der Waals surface area contributed by atoms with E-state index in [0.717, 1.165) is 0 Å². The quantitative estimate of drug-likeness (QED) is 0.333. The summed E-state index contributed by atoms with van der Waals surface area (Å²) in [6.45, 7) is 5.55. The zero-order chi connectivity index (χ0) is 17.8. The number of hydrogen-bond acceptors (Lipinski definition) is 3. The molecule has 0 radical (unpaired) electrons. The van der Waals surface area contributed by atoms with E-state index in [9.17, 15) is 0 Å². The number of allylic oxidation sites excluding steroid dienone is 3. The second-order valence-corrected chi connectivity index (χ2v) is 8.86. The highest BCUT2D eigenvalue weighted by Crippen LogP contribution is 2.58. The average molecular weight is 359 g/mol. The van der Waals surface area contributed by atoms with Crippen LogP contribution in [0.3, 0.4) is 0 Å². The molecule has 0 aromatic heterocycles. The van der Waals surface area contributed by atoms with Crippen molar-refractivity contribution in [3.63, 3.8) is 0 Å². The van der Waals surface area contributed by atoms with Gasteiger partial charge in [-0.25, -0.2) is 9.78 Å². The van der Waals surface area contributed by atoms with Gasteiger partial charge >= 0.3 is 0 Å². The maximum absolute atomic E-state index is 5.40. The Bertz CT molecular complexity index is 624. The van der Waals surface area contributed by atoms with Gasteiger partial charge in [0.15, 0.2) is 0 Å². The van der Waals surface area contributed by atoms with E-state index >= 15 is 0 Å². The molecule has 3 heteroatoms. The third-order valence-corrected chi connectivity index (χ3v) is 7.05. The van der Waals surface area contributed by atoms with Crippen LogP contribution in [0.2, 0.25) is 0 Å². The van der Waals surface area contributed by atoms with Crippen LogP contribution in [0.25, 0.3) is 0 Å². The summed E-state index contributed by atoms with van der Waals surface area (Å²) in [5.41, 5.74) is 1.95. The number of thioether (sulfide) groups is 1. The fourth-order valence-corrected chi connectivity index (χ4v) is 5.62. The van der Waals surface area contributed by atoms with Crippen molar-refractivity contribution in [3.8, 4) is 0 Å². The summed E-state index contributed by atoms with van der Waals surface area (Å²) < 4.78 is 0. The molecule has 1 saturated carbocycles. The standard InChI is InChI=1S/C22H30O2S/c1-21(17-24-23-3)14-8-15-22(2)18(9-7-12-20(21)22)13-16-25-19-10-5-4-6-11-19/h4-6,9-11,13,16,20H,7-8,12,14-15,17H2,1-3H3/b16-13+. The van der Waals surface area contributed by atoms with Crippen LogP contribution in [-0.4, -0.2) is 13.7 Å². The van der Waals surface area contributed by atoms with Gasteiger partial charge in [0.1, 0.15) is 0 Å². The van der Waals surface area contributed by atoms with E-state index in [4.69, 9.17) is 9.78 Å². The molecule has 3 unspecified atom stereocenters. The first kappa shape index (κ1) is 18.8. The Morgan fingerprint density at radius 2 is 2.00 bits per heavy atom. The third kappa shape index (κ3) is 4.05. The summed E-state index contributed by atoms with van der Waals surface area (Å²) in [5.74, 6) is 0.648. The maximum atomic E-state index is 5.40. The fourth-order valence-electron chi connectivity index (χ4n) is 4.94. The van der Waals surface area contributed by atoms with E-state index in [2.05, 4.69) is 61.7 Å². The molecule has 0 bridgehead atoms. The first-order valence-corrected chi connectivity index (χ1v) is 10.2. The van der Waals surface area contributed by atoms with Crippen LogP contribution < -0.4 is 0 Å². The van der Waals surface area contributed by atoms with Crippen molar-refractivity contribution in [2.24, 2.45) is 16.7 Å². The lowest BCUT2D eigenvalue weighted by molar-refractivity contribution is -0.297. The first-order valence-electron chi connectivity index (χ1n) is 9.33. The number of hydrogen-bond donors (Lipinski definition) is 0. The lowest BCUT2D eigenvalue weighted by Gasteiger charge is -2.54. The van der Waals surface area contributed by atoms with Gasteiger partial charge in [0, 0.05) is 4.90 Å². The smallest absolute Gasteiger partial charge is 0.0878 e. The van der Waals surface area contributed by atoms with Crippen molar-refractivity contribution in [3.05, 3.63) is 53.5 Å². The highest BCUT2D eigenvalue weighted by molar-refractivity contribution is 8.02. The zero-order valence-corrected chi connectivity index (χ0v) is 16.5. The molecule has 2 nitrogen and oxygen atoms in total. The van der Waals surface area contributed by atoms with E-state index < -0.39 is 0 Å². The van der Waals surface area contributed by atoms with Crippen molar-refractivity contribution in [1.82, 2.24) is 0 Å². The van der Waals surface area contributed by atoms with E-state index in [-0.39, 0.29) is 10.8 Å². The van der Waals surface area contributed by atoms with Crippen LogP contribution in [0.15, 0.2) is 58.4 Å². The Labute approximate surface area is 156 Å². The van der Waals surface area contributed by atoms with Gasteiger partial charge in [-0.05, 0) is 65.5 Å². The molecule has 3 rings (SSSR count). The summed E-state index contributed by atoms with van der Waals surface area (Å²) in [5, 5.41) is 2.26. The van der Waals surface area contributed by atoms with Crippen molar-refractivity contribution < 1.29 is 9.78 Å². The lowest BCUT2D eigenvalue weighted by Crippen LogP contribution is -2.48. The lowest BCUT2D eigenvalue weighted by atomic mass is 9.51. The Hall–Kier alpha value is -1.03. The highest BCUT2D eigenvalue weighted by atomic mass is 32.2. The van der Waals surface area contributed by atoms with Gasteiger partial charge in [-0.15, -0.1) is 0 Å². The van der Waals surface area contributed by atoms with E-state index in [0.29, 0.717) is 12.5 Å². The highest BCUT2D eigenvalue weighted by Gasteiger charge is 2.51. The zero-order valence-electron chi connectivity index (χ0n) is 15.7. The topological polar surface area (TPSA) is 18.5 Å². The Morgan fingerprint density at radius 1 is 1.20 bits per heavy atom. The van der Waals surface area contributed by atoms with Crippen molar-refractivity contribution in [1.29, 1.82) is 0 Å². The maximum Gasteiger partial charge on any atom is 0.0878 e. The van der Waals surface area contributed by atoms with E-state index in [1.807, 2.05) is 0 Å². The number of rotatable bonds is 6. The summed E-state index contributed by atoms with van der Waals surface area (Å²) >= 11 is 1.80. The Balaban J connectivity index is 1.76. The minimum absolute atomic E-state index is 0.197. The fraction of sp³-hybridized carbons (Fsp3) is 0.545. The predicted octanol–water partition coefficient (Wildman–Crippen LogP) is 6.40. The van der Waals surface area contributed by atoms with Crippen molar-refractivity contribution >= 4 is 11.8 Å². The molecule has 0 heterocycles. The van der Waals surface area contributed by atoms with Gasteiger partial charge < -0.3 is 0 Å². The molecular weight excluding hydrogens is 328 g/mol. The van der Waals surface area contributed by atoms with Gasteiger partial charge in [0.05, 0.1) is 13.7 Å². The molecule has 1 aromatic carbocycles. The van der Waals surface area contributed by atoms with Gasteiger partial charge in [0.2, 0.25) is 0 Å². The minimum atomic E-state index is 0.197. The Morgan fingerprint density at radius 3 is 2.76 bits per heavy atom. The summed E-state index contributed by atoms with van der Waals surface area (Å²) in [7, 11) is 1.61. The first-order chi connectivity index (χ1) is 12.1. The van der Waals surface area contributed by atoms with Crippen LogP contribution in [0.5, 0.6) is 0 Å².